The number of hydrogen-bond donors (Lipinski definition) is 0. The number of unbranched alkanes of at least 4 members (excludes halogenated alkanes) is 6. The van der Waals surface area contributed by atoms with Gasteiger partial charge in [-0.15, -0.1) is 0 Å². The van der Waals surface area contributed by atoms with Crippen LogP contribution >= 0.6 is 0 Å². The number of ether oxygens (including phenoxy) is 1. The molecule has 0 saturated heterocycles. The molecule has 1 aliphatic rings. The fourth-order valence-electron chi connectivity index (χ4n) is 5.24. The van der Waals surface area contributed by atoms with Crippen LogP contribution < -0.4 is 4.74 Å². The van der Waals surface area contributed by atoms with E-state index in [2.05, 4.69) is 26.0 Å². The van der Waals surface area contributed by atoms with Crippen molar-refractivity contribution in [1.82, 2.24) is 0 Å². The minimum absolute atomic E-state index is 0.0164. The molecule has 0 spiro atoms. The molecule has 0 atom stereocenters. The molecule has 0 aromatic heterocycles. The summed E-state index contributed by atoms with van der Waals surface area (Å²) in [6, 6.07) is 11.3. The van der Waals surface area contributed by atoms with Crippen molar-refractivity contribution in [3.05, 3.63) is 53.6 Å². The first kappa shape index (κ1) is 25.7. The summed E-state index contributed by atoms with van der Waals surface area (Å²) in [5, 5.41) is 0. The van der Waals surface area contributed by atoms with E-state index in [0.29, 0.717) is 23.7 Å². The van der Waals surface area contributed by atoms with Crippen LogP contribution in [0.4, 0.5) is 8.78 Å². The summed E-state index contributed by atoms with van der Waals surface area (Å²) in [6.45, 7) is 4.90. The molecule has 0 unspecified atom stereocenters. The van der Waals surface area contributed by atoms with Gasteiger partial charge in [0.15, 0.2) is 11.6 Å². The molecule has 1 fully saturated rings. The van der Waals surface area contributed by atoms with E-state index in [1.165, 1.54) is 76.2 Å². The van der Waals surface area contributed by atoms with Crippen molar-refractivity contribution in [2.75, 3.05) is 6.61 Å². The third-order valence-electron chi connectivity index (χ3n) is 7.29. The van der Waals surface area contributed by atoms with E-state index in [9.17, 15) is 8.78 Å². The summed E-state index contributed by atoms with van der Waals surface area (Å²) >= 11 is 0. The average molecular weight is 457 g/mol. The van der Waals surface area contributed by atoms with Gasteiger partial charge in [0.2, 0.25) is 5.82 Å². The van der Waals surface area contributed by atoms with Crippen LogP contribution in [0.1, 0.15) is 109 Å². The predicted octanol–water partition coefficient (Wildman–Crippen LogP) is 9.84. The fraction of sp³-hybridized carbons (Fsp3) is 0.600. The van der Waals surface area contributed by atoms with Gasteiger partial charge in [0.05, 0.1) is 6.61 Å². The lowest BCUT2D eigenvalue weighted by Crippen LogP contribution is -2.13. The molecule has 182 valence electrons. The zero-order chi connectivity index (χ0) is 23.5. The van der Waals surface area contributed by atoms with Gasteiger partial charge in [-0.1, -0.05) is 89.5 Å². The maximum absolute atomic E-state index is 14.8. The van der Waals surface area contributed by atoms with Gasteiger partial charge in [-0.25, -0.2) is 4.39 Å². The van der Waals surface area contributed by atoms with Crippen molar-refractivity contribution in [3.63, 3.8) is 0 Å². The van der Waals surface area contributed by atoms with Crippen LogP contribution in [-0.4, -0.2) is 6.61 Å². The molecule has 0 bridgehead atoms. The Morgan fingerprint density at radius 3 is 2.06 bits per heavy atom. The lowest BCUT2D eigenvalue weighted by Gasteiger charge is -2.28. The van der Waals surface area contributed by atoms with Crippen LogP contribution in [0.5, 0.6) is 5.75 Å². The summed E-state index contributed by atoms with van der Waals surface area (Å²) in [6.07, 6.45) is 15.9. The maximum Gasteiger partial charge on any atom is 0.201 e. The number of hydrogen-bond acceptors (Lipinski definition) is 1. The van der Waals surface area contributed by atoms with Crippen LogP contribution in [0.15, 0.2) is 36.4 Å². The van der Waals surface area contributed by atoms with Gasteiger partial charge in [0.1, 0.15) is 0 Å². The smallest absolute Gasteiger partial charge is 0.201 e. The first-order valence-electron chi connectivity index (χ1n) is 13.3. The highest BCUT2D eigenvalue weighted by Crippen LogP contribution is 2.38. The van der Waals surface area contributed by atoms with Gasteiger partial charge in [-0.2, -0.15) is 4.39 Å². The second kappa shape index (κ2) is 13.7. The van der Waals surface area contributed by atoms with Crippen LogP contribution in [0.2, 0.25) is 0 Å². The first-order valence-corrected chi connectivity index (χ1v) is 13.3. The Kier molecular flexibility index (Phi) is 10.7. The van der Waals surface area contributed by atoms with E-state index in [4.69, 9.17) is 4.74 Å². The Balaban J connectivity index is 1.52. The van der Waals surface area contributed by atoms with Crippen LogP contribution in [0.3, 0.4) is 0 Å². The maximum atomic E-state index is 14.8. The lowest BCUT2D eigenvalue weighted by atomic mass is 9.77. The van der Waals surface area contributed by atoms with Crippen molar-refractivity contribution in [3.8, 4) is 16.9 Å². The summed E-state index contributed by atoms with van der Waals surface area (Å²) < 4.78 is 35.0. The van der Waals surface area contributed by atoms with E-state index in [0.717, 1.165) is 18.8 Å². The minimum atomic E-state index is -0.881. The monoisotopic (exact) mass is 456 g/mol. The molecule has 0 aliphatic heterocycles. The summed E-state index contributed by atoms with van der Waals surface area (Å²) in [7, 11) is 0. The molecule has 0 N–H and O–H groups in total. The van der Waals surface area contributed by atoms with Crippen molar-refractivity contribution in [2.24, 2.45) is 5.92 Å². The minimum Gasteiger partial charge on any atom is -0.490 e. The van der Waals surface area contributed by atoms with E-state index in [1.54, 1.807) is 12.1 Å². The van der Waals surface area contributed by atoms with Gasteiger partial charge in [-0.05, 0) is 67.2 Å². The highest BCUT2D eigenvalue weighted by atomic mass is 19.2. The molecule has 2 aromatic carbocycles. The SMILES string of the molecule is CCCCCCCCCOc1ccc(-c2ccc(C3CCC(CCC)CC3)cc2)c(F)c1F. The van der Waals surface area contributed by atoms with Crippen molar-refractivity contribution < 1.29 is 13.5 Å². The molecular formula is C30H42F2O. The van der Waals surface area contributed by atoms with Gasteiger partial charge < -0.3 is 4.74 Å². The van der Waals surface area contributed by atoms with E-state index in [-0.39, 0.29) is 5.75 Å². The van der Waals surface area contributed by atoms with Gasteiger partial charge in [0, 0.05) is 5.56 Å². The molecule has 0 amide bonds. The molecule has 2 aromatic rings. The Morgan fingerprint density at radius 2 is 1.39 bits per heavy atom. The first-order chi connectivity index (χ1) is 16.1. The third kappa shape index (κ3) is 7.55. The molecule has 0 heterocycles. The van der Waals surface area contributed by atoms with Crippen molar-refractivity contribution in [1.29, 1.82) is 0 Å². The lowest BCUT2D eigenvalue weighted by molar-refractivity contribution is 0.285. The zero-order valence-electron chi connectivity index (χ0n) is 20.7. The van der Waals surface area contributed by atoms with Crippen LogP contribution in [0.25, 0.3) is 11.1 Å². The summed E-state index contributed by atoms with van der Waals surface area (Å²) in [5.74, 6) is -0.207. The van der Waals surface area contributed by atoms with Crippen molar-refractivity contribution >= 4 is 0 Å². The molecule has 0 radical (unpaired) electrons. The zero-order valence-corrected chi connectivity index (χ0v) is 20.7. The molecule has 3 rings (SSSR count). The second-order valence-electron chi connectivity index (χ2n) is 9.84. The molecule has 1 aliphatic carbocycles. The largest absolute Gasteiger partial charge is 0.490 e. The van der Waals surface area contributed by atoms with Gasteiger partial charge in [-0.3, -0.25) is 0 Å². The Morgan fingerprint density at radius 1 is 0.727 bits per heavy atom. The van der Waals surface area contributed by atoms with E-state index >= 15 is 0 Å². The predicted molar refractivity (Wildman–Crippen MR) is 135 cm³/mol. The Labute approximate surface area is 199 Å². The Hall–Kier alpha value is -1.90. The number of benzene rings is 2. The normalized spacial score (nSPS) is 18.4. The topological polar surface area (TPSA) is 9.23 Å². The summed E-state index contributed by atoms with van der Waals surface area (Å²) in [5.41, 5.74) is 2.34. The third-order valence-corrected chi connectivity index (χ3v) is 7.29. The van der Waals surface area contributed by atoms with E-state index in [1.807, 2.05) is 12.1 Å². The molecule has 1 nitrogen and oxygen atoms in total. The molecule has 33 heavy (non-hydrogen) atoms. The summed E-state index contributed by atoms with van der Waals surface area (Å²) in [4.78, 5) is 0. The van der Waals surface area contributed by atoms with Gasteiger partial charge in [0.25, 0.3) is 0 Å². The number of halogens is 2. The highest BCUT2D eigenvalue weighted by molar-refractivity contribution is 5.65. The fourth-order valence-corrected chi connectivity index (χ4v) is 5.24. The molecular weight excluding hydrogens is 414 g/mol. The highest BCUT2D eigenvalue weighted by Gasteiger charge is 2.22. The van der Waals surface area contributed by atoms with Gasteiger partial charge >= 0.3 is 0 Å². The number of rotatable bonds is 13. The van der Waals surface area contributed by atoms with Crippen molar-refractivity contribution in [2.45, 2.75) is 103 Å². The standard InChI is InChI=1S/C30H42F2O/c1-3-5-6-7-8-9-10-22-33-28-21-20-27(29(31)30(28)32)26-18-16-25(17-19-26)24-14-12-23(11-4-2)13-15-24/h16-21,23-24H,3-15,22H2,1-2H3. The van der Waals surface area contributed by atoms with Crippen LogP contribution in [-0.2, 0) is 0 Å². The Bertz CT molecular complexity index is 822. The molecule has 3 heteroatoms. The molecule has 1 saturated carbocycles. The van der Waals surface area contributed by atoms with E-state index < -0.39 is 11.6 Å². The quantitative estimate of drug-likeness (QED) is 0.272. The average Bonchev–Trinajstić information content (AvgIpc) is 2.84. The second-order valence-corrected chi connectivity index (χ2v) is 9.84. The van der Waals surface area contributed by atoms with Crippen LogP contribution in [0, 0.1) is 17.6 Å².